The monoisotopic (exact) mass is 166 g/mol. The molecule has 0 aromatic heterocycles. The summed E-state index contributed by atoms with van der Waals surface area (Å²) in [6.07, 6.45) is 2.64. The molecule has 0 atom stereocenters. The lowest BCUT2D eigenvalue weighted by Gasteiger charge is -2.01. The number of halogens is 1. The van der Waals surface area contributed by atoms with Crippen LogP contribution in [0.2, 0.25) is 5.02 Å². The molecule has 0 spiro atoms. The number of hydrogen-bond acceptors (Lipinski definition) is 0. The average Bonchev–Trinajstić information content (AvgIpc) is 2.70. The van der Waals surface area contributed by atoms with E-state index in [9.17, 15) is 0 Å². The molecule has 1 aromatic rings. The third kappa shape index (κ3) is 1.41. The highest BCUT2D eigenvalue weighted by Gasteiger charge is 2.25. The average molecular weight is 167 g/mol. The van der Waals surface area contributed by atoms with Gasteiger partial charge in [-0.2, -0.15) is 0 Å². The quantitative estimate of drug-likeness (QED) is 0.599. The topological polar surface area (TPSA) is 0 Å². The molecule has 1 fully saturated rings. The van der Waals surface area contributed by atoms with Crippen LogP contribution >= 0.6 is 11.6 Å². The van der Waals surface area contributed by atoms with Gasteiger partial charge in [-0.05, 0) is 42.9 Å². The zero-order valence-electron chi connectivity index (χ0n) is 6.60. The molecule has 2 rings (SSSR count). The Morgan fingerprint density at radius 1 is 1.36 bits per heavy atom. The summed E-state index contributed by atoms with van der Waals surface area (Å²) >= 11 is 6.06. The Morgan fingerprint density at radius 3 is 2.64 bits per heavy atom. The molecule has 0 N–H and O–H groups in total. The van der Waals surface area contributed by atoms with Gasteiger partial charge in [0.2, 0.25) is 0 Å². The summed E-state index contributed by atoms with van der Waals surface area (Å²) in [7, 11) is 0. The highest BCUT2D eigenvalue weighted by atomic mass is 35.5. The Labute approximate surface area is 72.2 Å². The molecule has 0 amide bonds. The molecule has 58 valence electrons. The molecule has 0 bridgehead atoms. The van der Waals surface area contributed by atoms with Crippen LogP contribution in [0.15, 0.2) is 18.2 Å². The van der Waals surface area contributed by atoms with E-state index < -0.39 is 0 Å². The van der Waals surface area contributed by atoms with Gasteiger partial charge >= 0.3 is 0 Å². The Bertz CT molecular complexity index is 274. The fourth-order valence-electron chi connectivity index (χ4n) is 1.36. The van der Waals surface area contributed by atoms with E-state index >= 15 is 0 Å². The third-order valence-corrected chi connectivity index (χ3v) is 2.50. The zero-order chi connectivity index (χ0) is 7.84. The maximum atomic E-state index is 6.06. The molecule has 0 heterocycles. The van der Waals surface area contributed by atoms with Crippen LogP contribution < -0.4 is 0 Å². The van der Waals surface area contributed by atoms with Crippen molar-refractivity contribution in [2.75, 3.05) is 0 Å². The molecule has 11 heavy (non-hydrogen) atoms. The smallest absolute Gasteiger partial charge is 0.0443 e. The molecule has 1 aromatic carbocycles. The van der Waals surface area contributed by atoms with Crippen LogP contribution in [0.5, 0.6) is 0 Å². The fourth-order valence-corrected chi connectivity index (χ4v) is 1.75. The summed E-state index contributed by atoms with van der Waals surface area (Å²) < 4.78 is 0. The van der Waals surface area contributed by atoms with Crippen LogP contribution in [0.25, 0.3) is 0 Å². The molecule has 0 saturated heterocycles. The van der Waals surface area contributed by atoms with Crippen molar-refractivity contribution in [1.29, 1.82) is 0 Å². The second kappa shape index (κ2) is 2.53. The van der Waals surface area contributed by atoms with Gasteiger partial charge < -0.3 is 0 Å². The van der Waals surface area contributed by atoms with E-state index in [-0.39, 0.29) is 0 Å². The van der Waals surface area contributed by atoms with E-state index in [1.807, 2.05) is 0 Å². The maximum Gasteiger partial charge on any atom is 0.0443 e. The molecular formula is C10H11Cl. The SMILES string of the molecule is Cc1ccc(C2CC2)c(Cl)c1. The molecule has 0 radical (unpaired) electrons. The molecule has 0 aliphatic heterocycles. The van der Waals surface area contributed by atoms with Crippen LogP contribution in [-0.2, 0) is 0 Å². The predicted octanol–water partition coefficient (Wildman–Crippen LogP) is 3.53. The standard InChI is InChI=1S/C10H11Cl/c1-7-2-5-9(8-3-4-8)10(11)6-7/h2,5-6,8H,3-4H2,1H3. The van der Waals surface area contributed by atoms with Crippen molar-refractivity contribution in [3.63, 3.8) is 0 Å². The van der Waals surface area contributed by atoms with Crippen LogP contribution in [0, 0.1) is 6.92 Å². The number of aryl methyl sites for hydroxylation is 1. The van der Waals surface area contributed by atoms with E-state index in [1.165, 1.54) is 24.0 Å². The summed E-state index contributed by atoms with van der Waals surface area (Å²) in [5, 5.41) is 0.951. The van der Waals surface area contributed by atoms with Crippen molar-refractivity contribution in [1.82, 2.24) is 0 Å². The van der Waals surface area contributed by atoms with Crippen molar-refractivity contribution in [2.24, 2.45) is 0 Å². The molecular weight excluding hydrogens is 156 g/mol. The van der Waals surface area contributed by atoms with Gasteiger partial charge in [-0.15, -0.1) is 0 Å². The lowest BCUT2D eigenvalue weighted by Crippen LogP contribution is -1.81. The summed E-state index contributed by atoms with van der Waals surface area (Å²) in [5.74, 6) is 0.767. The summed E-state index contributed by atoms with van der Waals surface area (Å²) in [5.41, 5.74) is 2.59. The first kappa shape index (κ1) is 7.17. The normalized spacial score (nSPS) is 16.9. The van der Waals surface area contributed by atoms with Gasteiger partial charge in [0.1, 0.15) is 0 Å². The van der Waals surface area contributed by atoms with Crippen molar-refractivity contribution in [3.05, 3.63) is 34.3 Å². The Morgan fingerprint density at radius 2 is 2.09 bits per heavy atom. The zero-order valence-corrected chi connectivity index (χ0v) is 7.36. The summed E-state index contributed by atoms with van der Waals surface area (Å²) in [4.78, 5) is 0. The molecule has 1 aliphatic rings. The summed E-state index contributed by atoms with van der Waals surface area (Å²) in [6, 6.07) is 6.35. The third-order valence-electron chi connectivity index (χ3n) is 2.17. The Balaban J connectivity index is 2.39. The highest BCUT2D eigenvalue weighted by Crippen LogP contribution is 2.43. The van der Waals surface area contributed by atoms with E-state index in [1.54, 1.807) is 0 Å². The first-order valence-corrected chi connectivity index (χ1v) is 4.41. The second-order valence-electron chi connectivity index (χ2n) is 3.30. The fraction of sp³-hybridized carbons (Fsp3) is 0.400. The predicted molar refractivity (Wildman–Crippen MR) is 48.2 cm³/mol. The van der Waals surface area contributed by atoms with Crippen LogP contribution in [0.3, 0.4) is 0 Å². The Hall–Kier alpha value is -0.490. The van der Waals surface area contributed by atoms with Crippen LogP contribution in [0.4, 0.5) is 0 Å². The Kier molecular flexibility index (Phi) is 1.65. The van der Waals surface area contributed by atoms with Gasteiger partial charge in [0, 0.05) is 5.02 Å². The molecule has 0 nitrogen and oxygen atoms in total. The minimum atomic E-state index is 0.767. The van der Waals surface area contributed by atoms with Crippen molar-refractivity contribution in [3.8, 4) is 0 Å². The number of benzene rings is 1. The largest absolute Gasteiger partial charge is 0.0840 e. The van der Waals surface area contributed by atoms with Crippen molar-refractivity contribution in [2.45, 2.75) is 25.7 Å². The lowest BCUT2D eigenvalue weighted by molar-refractivity contribution is 1.13. The molecule has 1 saturated carbocycles. The second-order valence-corrected chi connectivity index (χ2v) is 3.71. The van der Waals surface area contributed by atoms with Gasteiger partial charge in [-0.3, -0.25) is 0 Å². The maximum absolute atomic E-state index is 6.06. The van der Waals surface area contributed by atoms with Gasteiger partial charge in [-0.1, -0.05) is 23.7 Å². The first-order chi connectivity index (χ1) is 5.27. The van der Waals surface area contributed by atoms with E-state index in [4.69, 9.17) is 11.6 Å². The highest BCUT2D eigenvalue weighted by molar-refractivity contribution is 6.31. The van der Waals surface area contributed by atoms with E-state index in [2.05, 4.69) is 25.1 Å². The summed E-state index contributed by atoms with van der Waals surface area (Å²) in [6.45, 7) is 2.07. The van der Waals surface area contributed by atoms with Gasteiger partial charge in [0.15, 0.2) is 0 Å². The van der Waals surface area contributed by atoms with E-state index in [0.717, 1.165) is 10.9 Å². The van der Waals surface area contributed by atoms with Gasteiger partial charge in [0.25, 0.3) is 0 Å². The lowest BCUT2D eigenvalue weighted by atomic mass is 10.1. The van der Waals surface area contributed by atoms with Crippen LogP contribution in [0.1, 0.15) is 29.9 Å². The van der Waals surface area contributed by atoms with Crippen molar-refractivity contribution < 1.29 is 0 Å². The number of rotatable bonds is 1. The van der Waals surface area contributed by atoms with Gasteiger partial charge in [0.05, 0.1) is 0 Å². The van der Waals surface area contributed by atoms with Gasteiger partial charge in [-0.25, -0.2) is 0 Å². The van der Waals surface area contributed by atoms with Crippen LogP contribution in [-0.4, -0.2) is 0 Å². The van der Waals surface area contributed by atoms with E-state index in [0.29, 0.717) is 0 Å². The molecule has 0 unspecified atom stereocenters. The molecule has 1 heteroatoms. The minimum Gasteiger partial charge on any atom is -0.0840 e. The first-order valence-electron chi connectivity index (χ1n) is 4.03. The van der Waals surface area contributed by atoms with Crippen molar-refractivity contribution >= 4 is 11.6 Å². The molecule has 1 aliphatic carbocycles. The minimum absolute atomic E-state index is 0.767. The number of hydrogen-bond donors (Lipinski definition) is 0.